The molecule has 0 atom stereocenters. The fraction of sp³-hybridized carbons (Fsp3) is 1.00. The number of aliphatic hydroxyl groups excluding tert-OH is 2. The first-order chi connectivity index (χ1) is 2.00. The lowest BCUT2D eigenvalue weighted by molar-refractivity contribution is 0.399. The van der Waals surface area contributed by atoms with Crippen molar-refractivity contribution < 1.29 is 10.2 Å². The monoisotopic (exact) mass is 116 g/mol. The molecule has 0 aromatic rings. The average Bonchev–Trinajstić information content (AvgIpc) is 1.50. The van der Waals surface area contributed by atoms with Crippen molar-refractivity contribution in [3.63, 3.8) is 0 Å². The van der Waals surface area contributed by atoms with Gasteiger partial charge in [-0.25, -0.2) is 0 Å². The first kappa shape index (κ1) is 26.0. The molecule has 0 aliphatic carbocycles. The summed E-state index contributed by atoms with van der Waals surface area (Å²) in [5.41, 5.74) is 0. The lowest BCUT2D eigenvalue weighted by Crippen LogP contribution is -1.25. The minimum Gasteiger partial charge on any atom is -0.400 e. The molecule has 2 N–H and O–H groups in total. The van der Waals surface area contributed by atoms with E-state index in [1.807, 2.05) is 0 Å². The zero-order chi connectivity index (χ0) is 4.00. The molecule has 0 aliphatic rings. The Labute approximate surface area is 70.2 Å². The highest BCUT2D eigenvalue weighted by atomic mass is 24.3. The van der Waals surface area contributed by atoms with Gasteiger partial charge in [0.05, 0.1) is 0 Å². The van der Waals surface area contributed by atoms with Gasteiger partial charge in [-0.1, -0.05) is 0 Å². The van der Waals surface area contributed by atoms with Gasteiger partial charge in [0.2, 0.25) is 0 Å². The second-order valence-electron chi connectivity index (χ2n) is 0. The Morgan fingerprint density at radius 2 is 0.667 bits per heavy atom. The van der Waals surface area contributed by atoms with E-state index in [2.05, 4.69) is 0 Å². The fourth-order valence-corrected chi connectivity index (χ4v) is 0. The van der Waals surface area contributed by atoms with Crippen LogP contribution in [0.4, 0.5) is 0 Å². The third-order valence-electron chi connectivity index (χ3n) is 0. The number of hydrogen-bond acceptors (Lipinski definition) is 2. The molecule has 0 radical (unpaired) electrons. The van der Waals surface area contributed by atoms with Crippen LogP contribution in [0.5, 0.6) is 0 Å². The van der Waals surface area contributed by atoms with Crippen molar-refractivity contribution in [2.24, 2.45) is 0 Å². The van der Waals surface area contributed by atoms with E-state index in [1.54, 1.807) is 0 Å². The van der Waals surface area contributed by atoms with Gasteiger partial charge >= 0.3 is 46.1 Å². The quantitative estimate of drug-likeness (QED) is 0.341. The molecule has 2 nitrogen and oxygen atoms in total. The normalized spacial score (nSPS) is 2.00. The van der Waals surface area contributed by atoms with Crippen LogP contribution in [0, 0.1) is 0 Å². The molecule has 0 amide bonds. The van der Waals surface area contributed by atoms with E-state index in [-0.39, 0.29) is 46.1 Å². The van der Waals surface area contributed by atoms with Crippen molar-refractivity contribution in [2.75, 3.05) is 14.2 Å². The first-order valence-corrected chi connectivity index (χ1v) is 0.894. The van der Waals surface area contributed by atoms with Crippen LogP contribution in [0.25, 0.3) is 0 Å². The Kier molecular flexibility index (Phi) is 394. The second-order valence-corrected chi connectivity index (χ2v) is 0. The zero-order valence-electron chi connectivity index (χ0n) is 2.89. The van der Waals surface area contributed by atoms with Crippen LogP contribution in [0.3, 0.4) is 0 Å². The van der Waals surface area contributed by atoms with Crippen molar-refractivity contribution in [3.05, 3.63) is 0 Å². The Balaban J connectivity index is -0.00000000500. The van der Waals surface area contributed by atoms with Crippen molar-refractivity contribution in [2.45, 2.75) is 0 Å². The Morgan fingerprint density at radius 3 is 0.667 bits per heavy atom. The predicted molar refractivity (Wildman–Crippen MR) is 33.4 cm³/mol. The van der Waals surface area contributed by atoms with E-state index < -0.39 is 0 Å². The van der Waals surface area contributed by atoms with Crippen LogP contribution < -0.4 is 0 Å². The molecule has 0 aliphatic heterocycles. The van der Waals surface area contributed by atoms with Gasteiger partial charge in [0.15, 0.2) is 0 Å². The summed E-state index contributed by atoms with van der Waals surface area (Å²) in [6, 6.07) is 0. The molecule has 0 fully saturated rings. The topological polar surface area (TPSA) is 40.5 Å². The maximum absolute atomic E-state index is 7.00. The third-order valence-corrected chi connectivity index (χ3v) is 0. The van der Waals surface area contributed by atoms with Crippen molar-refractivity contribution >= 4 is 46.1 Å². The smallest absolute Gasteiger partial charge is 0.316 e. The second kappa shape index (κ2) is 90.9. The van der Waals surface area contributed by atoms with Gasteiger partial charge in [0, 0.05) is 14.2 Å². The molecule has 0 aromatic carbocycles. The van der Waals surface area contributed by atoms with E-state index in [9.17, 15) is 0 Å². The Bertz CT molecular complexity index is 9.51. The third kappa shape index (κ3) is 51.2. The summed E-state index contributed by atoms with van der Waals surface area (Å²) in [7, 11) is 2.00. The number of hydrogen-bond donors (Lipinski definition) is 2. The SMILES string of the molecule is CO.CO.[MgH2].[MgH2]. The Hall–Kier alpha value is 1.45. The Morgan fingerprint density at radius 1 is 0.667 bits per heavy atom. The molecule has 0 aromatic heterocycles. The summed E-state index contributed by atoms with van der Waals surface area (Å²) in [5.74, 6) is 0. The minimum atomic E-state index is 0. The molecular weight excluding hydrogens is 105 g/mol. The molecule has 4 heteroatoms. The highest BCUT2D eigenvalue weighted by Crippen LogP contribution is 0.757. The first-order valence-electron chi connectivity index (χ1n) is 0.894. The summed E-state index contributed by atoms with van der Waals surface area (Å²) in [6.07, 6.45) is 0. The number of aliphatic hydroxyl groups is 2. The van der Waals surface area contributed by atoms with E-state index >= 15 is 0 Å². The summed E-state index contributed by atoms with van der Waals surface area (Å²) >= 11 is 0. The molecule has 0 bridgehead atoms. The van der Waals surface area contributed by atoms with Crippen LogP contribution >= 0.6 is 0 Å². The van der Waals surface area contributed by atoms with Crippen LogP contribution in [-0.4, -0.2) is 70.5 Å². The molecule has 0 spiro atoms. The van der Waals surface area contributed by atoms with Gasteiger partial charge in [0.1, 0.15) is 0 Å². The molecule has 0 saturated heterocycles. The summed E-state index contributed by atoms with van der Waals surface area (Å²) in [6.45, 7) is 0. The van der Waals surface area contributed by atoms with Gasteiger partial charge in [-0.15, -0.1) is 0 Å². The van der Waals surface area contributed by atoms with E-state index in [4.69, 9.17) is 10.2 Å². The summed E-state index contributed by atoms with van der Waals surface area (Å²) < 4.78 is 0. The highest BCUT2D eigenvalue weighted by molar-refractivity contribution is 5.76. The molecular formula is C2H12Mg2O2. The van der Waals surface area contributed by atoms with Crippen LogP contribution in [0.1, 0.15) is 0 Å². The minimum absolute atomic E-state index is 0. The maximum Gasteiger partial charge on any atom is 0.316 e. The summed E-state index contributed by atoms with van der Waals surface area (Å²) in [5, 5.41) is 14.0. The predicted octanol–water partition coefficient (Wildman–Crippen LogP) is -2.62. The lowest BCUT2D eigenvalue weighted by atomic mass is 11.8. The van der Waals surface area contributed by atoms with Crippen molar-refractivity contribution in [3.8, 4) is 0 Å². The van der Waals surface area contributed by atoms with Crippen molar-refractivity contribution in [1.29, 1.82) is 0 Å². The standard InChI is InChI=1S/2CH4O.2Mg.4H/c2*1-2;;;;;;/h2*2H,1H3;;;;;;. The maximum atomic E-state index is 7.00. The zero-order valence-corrected chi connectivity index (χ0v) is 2.89. The average molecular weight is 117 g/mol. The molecule has 0 rings (SSSR count). The number of rotatable bonds is 0. The molecule has 0 unspecified atom stereocenters. The lowest BCUT2D eigenvalue weighted by Gasteiger charge is -1.21. The van der Waals surface area contributed by atoms with E-state index in [0.29, 0.717) is 0 Å². The molecule has 36 valence electrons. The van der Waals surface area contributed by atoms with Gasteiger partial charge < -0.3 is 10.2 Å². The molecule has 0 saturated carbocycles. The van der Waals surface area contributed by atoms with Crippen LogP contribution in [0.2, 0.25) is 0 Å². The highest BCUT2D eigenvalue weighted by Gasteiger charge is 0.841. The van der Waals surface area contributed by atoms with Gasteiger partial charge in [0.25, 0.3) is 0 Å². The van der Waals surface area contributed by atoms with Crippen LogP contribution in [-0.2, 0) is 0 Å². The van der Waals surface area contributed by atoms with Crippen LogP contribution in [0.15, 0.2) is 0 Å². The fourth-order valence-electron chi connectivity index (χ4n) is 0. The van der Waals surface area contributed by atoms with Gasteiger partial charge in [-0.3, -0.25) is 0 Å². The van der Waals surface area contributed by atoms with Gasteiger partial charge in [-0.2, -0.15) is 0 Å². The van der Waals surface area contributed by atoms with Crippen molar-refractivity contribution in [1.82, 2.24) is 0 Å². The van der Waals surface area contributed by atoms with E-state index in [1.165, 1.54) is 0 Å². The van der Waals surface area contributed by atoms with Gasteiger partial charge in [-0.05, 0) is 0 Å². The van der Waals surface area contributed by atoms with E-state index in [0.717, 1.165) is 14.2 Å². The molecule has 6 heavy (non-hydrogen) atoms. The summed E-state index contributed by atoms with van der Waals surface area (Å²) in [4.78, 5) is 0. The largest absolute Gasteiger partial charge is 0.400 e. The molecule has 0 heterocycles.